The van der Waals surface area contributed by atoms with Gasteiger partial charge >= 0.3 is 0 Å². The number of aromatic nitrogens is 1. The maximum absolute atomic E-state index is 13.5. The Bertz CT molecular complexity index is 583. The number of nitrogens with one attached hydrogen (secondary N) is 1. The number of anilines is 1. The van der Waals surface area contributed by atoms with Crippen LogP contribution in [0, 0.1) is 22.9 Å². The second kappa shape index (κ2) is 4.82. The van der Waals surface area contributed by atoms with Gasteiger partial charge in [0.05, 0.1) is 28.9 Å². The molecular formula is C11H10FN3O3. The lowest BCUT2D eigenvalue weighted by molar-refractivity contribution is -0.385. The molecule has 1 aromatic heterocycles. The molecular weight excluding hydrogens is 241 g/mol. The highest BCUT2D eigenvalue weighted by Gasteiger charge is 2.10. The van der Waals surface area contributed by atoms with Crippen LogP contribution in [-0.2, 0) is 6.54 Å². The average Bonchev–Trinajstić information content (AvgIpc) is 2.73. The third-order valence-corrected chi connectivity index (χ3v) is 2.29. The first-order valence-corrected chi connectivity index (χ1v) is 5.16. The minimum Gasteiger partial charge on any atom is -0.375 e. The van der Waals surface area contributed by atoms with Crippen LogP contribution >= 0.6 is 0 Å². The van der Waals surface area contributed by atoms with Crippen molar-refractivity contribution in [1.29, 1.82) is 0 Å². The van der Waals surface area contributed by atoms with Gasteiger partial charge in [-0.3, -0.25) is 10.1 Å². The number of nitrogens with zero attached hydrogens (tertiary/aromatic N) is 2. The summed E-state index contributed by atoms with van der Waals surface area (Å²) >= 11 is 0. The number of rotatable bonds is 4. The smallest absolute Gasteiger partial charge is 0.272 e. The van der Waals surface area contributed by atoms with Crippen LogP contribution in [0.2, 0.25) is 0 Å². The van der Waals surface area contributed by atoms with E-state index in [4.69, 9.17) is 4.52 Å². The lowest BCUT2D eigenvalue weighted by atomic mass is 10.2. The summed E-state index contributed by atoms with van der Waals surface area (Å²) < 4.78 is 18.4. The van der Waals surface area contributed by atoms with Gasteiger partial charge in [0.25, 0.3) is 5.69 Å². The van der Waals surface area contributed by atoms with E-state index < -0.39 is 10.7 Å². The summed E-state index contributed by atoms with van der Waals surface area (Å²) in [5.74, 6) is -0.120. The Morgan fingerprint density at radius 2 is 2.28 bits per heavy atom. The molecule has 1 N–H and O–H groups in total. The van der Waals surface area contributed by atoms with Crippen LogP contribution in [0.1, 0.15) is 11.5 Å². The van der Waals surface area contributed by atoms with E-state index in [1.165, 1.54) is 12.1 Å². The molecule has 1 heterocycles. The van der Waals surface area contributed by atoms with E-state index in [0.29, 0.717) is 5.76 Å². The Hall–Kier alpha value is -2.44. The Morgan fingerprint density at radius 3 is 2.83 bits per heavy atom. The Labute approximate surface area is 102 Å². The molecule has 0 aliphatic carbocycles. The Kier molecular flexibility index (Phi) is 3.22. The third kappa shape index (κ3) is 2.62. The molecule has 2 aromatic rings. The fourth-order valence-corrected chi connectivity index (χ4v) is 1.44. The highest BCUT2D eigenvalue weighted by molar-refractivity contribution is 5.50. The van der Waals surface area contributed by atoms with Gasteiger partial charge in [-0.05, 0) is 13.0 Å². The van der Waals surface area contributed by atoms with Gasteiger partial charge in [0.2, 0.25) is 0 Å². The minimum absolute atomic E-state index is 0.176. The van der Waals surface area contributed by atoms with Gasteiger partial charge in [0.1, 0.15) is 0 Å². The normalized spacial score (nSPS) is 10.3. The third-order valence-electron chi connectivity index (χ3n) is 2.29. The Balaban J connectivity index is 2.08. The average molecular weight is 251 g/mol. The number of benzene rings is 1. The number of halogens is 1. The summed E-state index contributed by atoms with van der Waals surface area (Å²) in [6.07, 6.45) is 0. The molecule has 0 aliphatic rings. The highest BCUT2D eigenvalue weighted by Crippen LogP contribution is 2.21. The summed E-state index contributed by atoms with van der Waals surface area (Å²) in [6.45, 7) is 2.04. The summed E-state index contributed by atoms with van der Waals surface area (Å²) in [6, 6.07) is 5.14. The number of non-ortho nitro benzene ring substituents is 1. The molecule has 18 heavy (non-hydrogen) atoms. The number of hydrogen-bond donors (Lipinski definition) is 1. The van der Waals surface area contributed by atoms with Gasteiger partial charge in [-0.25, -0.2) is 4.39 Å². The van der Waals surface area contributed by atoms with Crippen molar-refractivity contribution in [1.82, 2.24) is 5.16 Å². The van der Waals surface area contributed by atoms with Gasteiger partial charge in [0, 0.05) is 12.1 Å². The van der Waals surface area contributed by atoms with Crippen LogP contribution in [0.5, 0.6) is 0 Å². The predicted octanol–water partition coefficient (Wildman–Crippen LogP) is 2.64. The van der Waals surface area contributed by atoms with E-state index in [-0.39, 0.29) is 17.9 Å². The summed E-state index contributed by atoms with van der Waals surface area (Å²) in [4.78, 5) is 9.80. The number of aryl methyl sites for hydroxylation is 1. The van der Waals surface area contributed by atoms with E-state index in [1.54, 1.807) is 13.0 Å². The van der Waals surface area contributed by atoms with Crippen molar-refractivity contribution in [2.45, 2.75) is 13.5 Å². The second-order valence-corrected chi connectivity index (χ2v) is 3.71. The van der Waals surface area contributed by atoms with Gasteiger partial charge in [-0.15, -0.1) is 0 Å². The minimum atomic E-state index is -0.680. The molecule has 7 heteroatoms. The highest BCUT2D eigenvalue weighted by atomic mass is 19.1. The van der Waals surface area contributed by atoms with Gasteiger partial charge in [-0.2, -0.15) is 0 Å². The lowest BCUT2D eigenvalue weighted by Crippen LogP contribution is -2.01. The molecule has 6 nitrogen and oxygen atoms in total. The first-order valence-electron chi connectivity index (χ1n) is 5.16. The molecule has 0 amide bonds. The zero-order valence-electron chi connectivity index (χ0n) is 9.51. The molecule has 0 fully saturated rings. The zero-order chi connectivity index (χ0) is 13.1. The number of hydrogen-bond acceptors (Lipinski definition) is 5. The van der Waals surface area contributed by atoms with Crippen LogP contribution in [0.25, 0.3) is 0 Å². The van der Waals surface area contributed by atoms with E-state index in [0.717, 1.165) is 11.8 Å². The van der Waals surface area contributed by atoms with E-state index in [2.05, 4.69) is 10.5 Å². The van der Waals surface area contributed by atoms with Gasteiger partial charge in [-0.1, -0.05) is 5.16 Å². The van der Waals surface area contributed by atoms with Crippen molar-refractivity contribution in [3.8, 4) is 0 Å². The molecule has 2 rings (SSSR count). The van der Waals surface area contributed by atoms with Crippen molar-refractivity contribution in [3.05, 3.63) is 51.7 Å². The van der Waals surface area contributed by atoms with Crippen LogP contribution in [-0.4, -0.2) is 10.1 Å². The van der Waals surface area contributed by atoms with Crippen LogP contribution in [0.4, 0.5) is 15.8 Å². The molecule has 0 unspecified atom stereocenters. The van der Waals surface area contributed by atoms with Gasteiger partial charge in [0.15, 0.2) is 11.6 Å². The molecule has 0 aliphatic heterocycles. The SMILES string of the molecule is Cc1cc(CNc2ccc([N+](=O)[O-])cc2F)on1. The lowest BCUT2D eigenvalue weighted by Gasteiger charge is -2.04. The van der Waals surface area contributed by atoms with Gasteiger partial charge < -0.3 is 9.84 Å². The van der Waals surface area contributed by atoms with Crippen LogP contribution in [0.15, 0.2) is 28.8 Å². The standard InChI is InChI=1S/C11H10FN3O3/c1-7-4-9(18-14-7)6-13-11-3-2-8(15(16)17)5-10(11)12/h2-5,13H,6H2,1H3. The molecule has 0 bridgehead atoms. The maximum Gasteiger partial charge on any atom is 0.272 e. The number of nitro groups is 1. The van der Waals surface area contributed by atoms with E-state index in [9.17, 15) is 14.5 Å². The van der Waals surface area contributed by atoms with Crippen molar-refractivity contribution in [3.63, 3.8) is 0 Å². The topological polar surface area (TPSA) is 81.2 Å². The quantitative estimate of drug-likeness (QED) is 0.667. The molecule has 0 radical (unpaired) electrons. The zero-order valence-corrected chi connectivity index (χ0v) is 9.51. The van der Waals surface area contributed by atoms with Crippen LogP contribution < -0.4 is 5.32 Å². The van der Waals surface area contributed by atoms with Crippen molar-refractivity contribution in [2.75, 3.05) is 5.32 Å². The Morgan fingerprint density at radius 1 is 1.50 bits per heavy atom. The first-order chi connectivity index (χ1) is 8.56. The maximum atomic E-state index is 13.5. The summed E-state index contributed by atoms with van der Waals surface area (Å²) in [5, 5.41) is 16.9. The van der Waals surface area contributed by atoms with Crippen molar-refractivity contribution >= 4 is 11.4 Å². The summed E-state index contributed by atoms with van der Waals surface area (Å²) in [5.41, 5.74) is 0.624. The molecule has 94 valence electrons. The fourth-order valence-electron chi connectivity index (χ4n) is 1.44. The largest absolute Gasteiger partial charge is 0.375 e. The first kappa shape index (κ1) is 12.0. The molecule has 1 aromatic carbocycles. The second-order valence-electron chi connectivity index (χ2n) is 3.71. The molecule has 0 atom stereocenters. The number of nitro benzene ring substituents is 1. The van der Waals surface area contributed by atoms with Crippen LogP contribution in [0.3, 0.4) is 0 Å². The fraction of sp³-hybridized carbons (Fsp3) is 0.182. The molecule has 0 saturated heterocycles. The van der Waals surface area contributed by atoms with E-state index in [1.807, 2.05) is 0 Å². The van der Waals surface area contributed by atoms with Crippen molar-refractivity contribution < 1.29 is 13.8 Å². The summed E-state index contributed by atoms with van der Waals surface area (Å²) in [7, 11) is 0. The van der Waals surface area contributed by atoms with E-state index >= 15 is 0 Å². The molecule has 0 saturated carbocycles. The van der Waals surface area contributed by atoms with Crippen molar-refractivity contribution in [2.24, 2.45) is 0 Å². The molecule has 0 spiro atoms. The predicted molar refractivity (Wildman–Crippen MR) is 61.6 cm³/mol. The monoisotopic (exact) mass is 251 g/mol.